The molecule has 0 unspecified atom stereocenters. The van der Waals surface area contributed by atoms with Gasteiger partial charge in [-0.3, -0.25) is 9.69 Å². The second-order valence-corrected chi connectivity index (χ2v) is 10.0. The molecule has 0 N–H and O–H groups in total. The van der Waals surface area contributed by atoms with Crippen LogP contribution in [0, 0.1) is 5.82 Å². The molecule has 1 fully saturated rings. The summed E-state index contributed by atoms with van der Waals surface area (Å²) < 4.78 is 20.1. The Morgan fingerprint density at radius 1 is 1.03 bits per heavy atom. The van der Waals surface area contributed by atoms with Crippen molar-refractivity contribution in [3.8, 4) is 5.75 Å². The minimum absolute atomic E-state index is 0.101. The number of benzene rings is 4. The molecule has 1 aliphatic rings. The summed E-state index contributed by atoms with van der Waals surface area (Å²) in [5, 5.41) is 2.93. The highest BCUT2D eigenvalue weighted by Crippen LogP contribution is 2.35. The molecule has 0 bridgehead atoms. The van der Waals surface area contributed by atoms with E-state index in [1.54, 1.807) is 17.0 Å². The van der Waals surface area contributed by atoms with E-state index in [2.05, 4.69) is 45.2 Å². The number of fused-ring (bicyclic) bond motifs is 1. The molecule has 180 valence electrons. The monoisotopic (exact) mass is 560 g/mol. The van der Waals surface area contributed by atoms with Crippen LogP contribution in [0.4, 0.5) is 10.1 Å². The Balaban J connectivity index is 1.33. The molecule has 0 saturated carbocycles. The molecule has 4 aromatic carbocycles. The predicted octanol–water partition coefficient (Wildman–Crippen LogP) is 7.94. The molecule has 4 nitrogen and oxygen atoms in total. The van der Waals surface area contributed by atoms with E-state index in [0.717, 1.165) is 21.3 Å². The average Bonchev–Trinajstić information content (AvgIpc) is 3.18. The van der Waals surface area contributed by atoms with Crippen LogP contribution in [0.15, 0.2) is 99.3 Å². The van der Waals surface area contributed by atoms with Crippen LogP contribution in [0.3, 0.4) is 0 Å². The van der Waals surface area contributed by atoms with Crippen LogP contribution in [-0.2, 0) is 11.4 Å². The molecule has 1 amide bonds. The Kier molecular flexibility index (Phi) is 7.20. The van der Waals surface area contributed by atoms with Crippen LogP contribution < -0.4 is 4.74 Å². The van der Waals surface area contributed by atoms with Gasteiger partial charge in [0.15, 0.2) is 5.17 Å². The fourth-order valence-electron chi connectivity index (χ4n) is 3.95. The van der Waals surface area contributed by atoms with E-state index in [1.165, 1.54) is 34.7 Å². The maximum atomic E-state index is 13.2. The van der Waals surface area contributed by atoms with Crippen molar-refractivity contribution in [1.82, 2.24) is 4.90 Å². The summed E-state index contributed by atoms with van der Waals surface area (Å²) >= 11 is 4.92. The smallest absolute Gasteiger partial charge is 0.266 e. The number of halogens is 2. The number of ether oxygens (including phenoxy) is 1. The quantitative estimate of drug-likeness (QED) is 0.225. The topological polar surface area (TPSA) is 41.9 Å². The first-order valence-electron chi connectivity index (χ1n) is 11.5. The molecule has 5 rings (SSSR count). The maximum absolute atomic E-state index is 13.2. The second kappa shape index (κ2) is 10.7. The van der Waals surface area contributed by atoms with Crippen molar-refractivity contribution in [3.05, 3.63) is 111 Å². The van der Waals surface area contributed by atoms with Crippen molar-refractivity contribution in [2.45, 2.75) is 13.5 Å². The van der Waals surface area contributed by atoms with Gasteiger partial charge >= 0.3 is 0 Å². The summed E-state index contributed by atoms with van der Waals surface area (Å²) in [4.78, 5) is 19.7. The Labute approximate surface area is 221 Å². The van der Waals surface area contributed by atoms with Gasteiger partial charge in [-0.2, -0.15) is 0 Å². The molecular formula is C29H22BrFN2O2S. The van der Waals surface area contributed by atoms with Gasteiger partial charge in [-0.05, 0) is 99.0 Å². The molecule has 7 heteroatoms. The molecule has 0 aromatic heterocycles. The summed E-state index contributed by atoms with van der Waals surface area (Å²) in [5.74, 6) is 0.303. The Morgan fingerprint density at radius 3 is 2.58 bits per heavy atom. The van der Waals surface area contributed by atoms with E-state index in [-0.39, 0.29) is 11.7 Å². The molecular weight excluding hydrogens is 539 g/mol. The molecule has 0 radical (unpaired) electrons. The van der Waals surface area contributed by atoms with Crippen molar-refractivity contribution in [2.24, 2.45) is 4.99 Å². The number of hydrogen-bond acceptors (Lipinski definition) is 4. The van der Waals surface area contributed by atoms with Crippen LogP contribution in [0.5, 0.6) is 5.75 Å². The SMILES string of the molecule is CCN1C(=O)/C(=C\c2ccc(OCc3cccc4ccccc34)c(Br)c2)SC1=Nc1ccc(F)cc1. The van der Waals surface area contributed by atoms with E-state index in [4.69, 9.17) is 4.74 Å². The highest BCUT2D eigenvalue weighted by atomic mass is 79.9. The van der Waals surface area contributed by atoms with Crippen molar-refractivity contribution < 1.29 is 13.9 Å². The summed E-state index contributed by atoms with van der Waals surface area (Å²) in [6, 6.07) is 26.1. The first-order valence-corrected chi connectivity index (χ1v) is 13.1. The Bertz CT molecular complexity index is 1500. The normalized spacial score (nSPS) is 15.9. The van der Waals surface area contributed by atoms with E-state index in [0.29, 0.717) is 28.9 Å². The number of nitrogens with zero attached hydrogens (tertiary/aromatic N) is 2. The van der Waals surface area contributed by atoms with Crippen molar-refractivity contribution in [3.63, 3.8) is 0 Å². The molecule has 0 spiro atoms. The van der Waals surface area contributed by atoms with E-state index in [9.17, 15) is 9.18 Å². The first kappa shape index (κ1) is 24.3. The van der Waals surface area contributed by atoms with Crippen LogP contribution in [0.1, 0.15) is 18.1 Å². The Morgan fingerprint density at radius 2 is 1.81 bits per heavy atom. The van der Waals surface area contributed by atoms with Gasteiger partial charge in [-0.15, -0.1) is 0 Å². The number of thioether (sulfide) groups is 1. The molecule has 1 aliphatic heterocycles. The fraction of sp³-hybridized carbons (Fsp3) is 0.103. The molecule has 1 saturated heterocycles. The number of hydrogen-bond donors (Lipinski definition) is 0. The fourth-order valence-corrected chi connectivity index (χ4v) is 5.52. The van der Waals surface area contributed by atoms with Gasteiger partial charge < -0.3 is 4.74 Å². The number of amidine groups is 1. The van der Waals surface area contributed by atoms with E-state index < -0.39 is 0 Å². The number of rotatable bonds is 6. The molecule has 36 heavy (non-hydrogen) atoms. The van der Waals surface area contributed by atoms with E-state index in [1.807, 2.05) is 49.4 Å². The highest BCUT2D eigenvalue weighted by Gasteiger charge is 2.32. The zero-order valence-electron chi connectivity index (χ0n) is 19.4. The molecule has 4 aromatic rings. The van der Waals surface area contributed by atoms with Gasteiger partial charge in [0.05, 0.1) is 15.1 Å². The first-order chi connectivity index (χ1) is 17.5. The van der Waals surface area contributed by atoms with Crippen molar-refractivity contribution >= 4 is 61.3 Å². The van der Waals surface area contributed by atoms with Gasteiger partial charge in [0.25, 0.3) is 5.91 Å². The lowest BCUT2D eigenvalue weighted by molar-refractivity contribution is -0.122. The minimum atomic E-state index is -0.322. The van der Waals surface area contributed by atoms with Crippen LogP contribution in [-0.4, -0.2) is 22.5 Å². The number of carbonyl (C=O) groups is 1. The van der Waals surface area contributed by atoms with Gasteiger partial charge in [-0.1, -0.05) is 48.5 Å². The third-order valence-corrected chi connectivity index (χ3v) is 7.40. The highest BCUT2D eigenvalue weighted by molar-refractivity contribution is 9.10. The maximum Gasteiger partial charge on any atom is 0.266 e. The summed E-state index contributed by atoms with van der Waals surface area (Å²) in [5.41, 5.74) is 2.59. The third-order valence-electron chi connectivity index (χ3n) is 5.77. The predicted molar refractivity (Wildman–Crippen MR) is 149 cm³/mol. The average molecular weight is 561 g/mol. The van der Waals surface area contributed by atoms with Crippen LogP contribution in [0.25, 0.3) is 16.8 Å². The third kappa shape index (κ3) is 5.22. The zero-order valence-corrected chi connectivity index (χ0v) is 21.9. The van der Waals surface area contributed by atoms with Crippen LogP contribution >= 0.6 is 27.7 Å². The lowest BCUT2D eigenvalue weighted by Gasteiger charge is -2.12. The number of carbonyl (C=O) groups excluding carboxylic acids is 1. The van der Waals surface area contributed by atoms with Gasteiger partial charge in [0.2, 0.25) is 0 Å². The molecule has 1 heterocycles. The zero-order chi connectivity index (χ0) is 25.1. The van der Waals surface area contributed by atoms with Crippen molar-refractivity contribution in [2.75, 3.05) is 6.54 Å². The lowest BCUT2D eigenvalue weighted by Crippen LogP contribution is -2.28. The molecule has 0 atom stereocenters. The van der Waals surface area contributed by atoms with Crippen LogP contribution in [0.2, 0.25) is 0 Å². The largest absolute Gasteiger partial charge is 0.488 e. The summed E-state index contributed by atoms with van der Waals surface area (Å²) in [6.07, 6.45) is 1.85. The van der Waals surface area contributed by atoms with E-state index >= 15 is 0 Å². The lowest BCUT2D eigenvalue weighted by atomic mass is 10.1. The second-order valence-electron chi connectivity index (χ2n) is 8.15. The van der Waals surface area contributed by atoms with Gasteiger partial charge in [0, 0.05) is 6.54 Å². The standard InChI is InChI=1S/C29H22BrFN2O2S/c1-2-33-28(34)27(36-29(33)32-23-13-11-22(31)12-14-23)17-19-10-15-26(25(30)16-19)35-18-21-8-5-7-20-6-3-4-9-24(20)21/h3-17H,2,18H2,1H3/b27-17+,32-29?. The van der Waals surface area contributed by atoms with Gasteiger partial charge in [-0.25, -0.2) is 9.38 Å². The Hall–Kier alpha value is -3.42. The minimum Gasteiger partial charge on any atom is -0.488 e. The summed E-state index contributed by atoms with van der Waals surface area (Å²) in [7, 11) is 0. The molecule has 0 aliphatic carbocycles. The number of aliphatic imine (C=N–C) groups is 1. The van der Waals surface area contributed by atoms with Gasteiger partial charge in [0.1, 0.15) is 18.2 Å². The number of likely N-dealkylation sites (N-methyl/N-ethyl adjacent to an activating group) is 1. The number of amides is 1. The summed E-state index contributed by atoms with van der Waals surface area (Å²) in [6.45, 7) is 2.84. The van der Waals surface area contributed by atoms with Crippen molar-refractivity contribution in [1.29, 1.82) is 0 Å².